The molecule has 108 valence electrons. The van der Waals surface area contributed by atoms with Gasteiger partial charge < -0.3 is 15.5 Å². The second-order valence-electron chi connectivity index (χ2n) is 5.08. The summed E-state index contributed by atoms with van der Waals surface area (Å²) >= 11 is 3.49. The second-order valence-corrected chi connectivity index (χ2v) is 5.99. The minimum absolute atomic E-state index is 0.197. The van der Waals surface area contributed by atoms with E-state index in [-0.39, 0.29) is 6.04 Å². The van der Waals surface area contributed by atoms with E-state index in [0.29, 0.717) is 5.69 Å². The van der Waals surface area contributed by atoms with E-state index >= 15 is 0 Å². The zero-order chi connectivity index (χ0) is 14.8. The van der Waals surface area contributed by atoms with E-state index in [4.69, 9.17) is 10.2 Å². The lowest BCUT2D eigenvalue weighted by molar-refractivity contribution is 0.498. The molecule has 0 saturated carbocycles. The van der Waals surface area contributed by atoms with Gasteiger partial charge in [-0.15, -0.1) is 0 Å². The van der Waals surface area contributed by atoms with E-state index in [1.165, 1.54) is 0 Å². The third-order valence-electron chi connectivity index (χ3n) is 3.34. The highest BCUT2D eigenvalue weighted by Crippen LogP contribution is 2.30. The third-order valence-corrected chi connectivity index (χ3v) is 3.83. The quantitative estimate of drug-likeness (QED) is 0.743. The molecule has 2 heterocycles. The predicted molar refractivity (Wildman–Crippen MR) is 89.4 cm³/mol. The fourth-order valence-electron chi connectivity index (χ4n) is 2.37. The molecule has 5 heteroatoms. The van der Waals surface area contributed by atoms with Crippen molar-refractivity contribution in [1.29, 1.82) is 0 Å². The molecule has 1 aromatic carbocycles. The number of fused-ring (bicyclic) bond motifs is 1. The molecule has 0 spiro atoms. The summed E-state index contributed by atoms with van der Waals surface area (Å²) in [6.45, 7) is 2.10. The summed E-state index contributed by atoms with van der Waals surface area (Å²) < 4.78 is 6.39. The maximum Gasteiger partial charge on any atom is 0.105 e. The van der Waals surface area contributed by atoms with Crippen molar-refractivity contribution >= 4 is 38.2 Å². The van der Waals surface area contributed by atoms with Crippen LogP contribution in [0.4, 0.5) is 11.4 Å². The smallest absolute Gasteiger partial charge is 0.105 e. The molecule has 0 aliphatic carbocycles. The predicted octanol–water partition coefficient (Wildman–Crippen LogP) is 4.22. The van der Waals surface area contributed by atoms with Crippen molar-refractivity contribution in [2.24, 2.45) is 0 Å². The van der Waals surface area contributed by atoms with E-state index in [1.54, 1.807) is 12.5 Å². The first-order valence-corrected chi connectivity index (χ1v) is 7.55. The van der Waals surface area contributed by atoms with Crippen molar-refractivity contribution in [1.82, 2.24) is 4.98 Å². The highest BCUT2D eigenvalue weighted by Gasteiger charge is 2.11. The molecule has 3 N–H and O–H groups in total. The molecule has 0 aliphatic heterocycles. The van der Waals surface area contributed by atoms with Gasteiger partial charge in [-0.1, -0.05) is 15.9 Å². The lowest BCUT2D eigenvalue weighted by atomic mass is 10.1. The minimum atomic E-state index is 0.197. The Kier molecular flexibility index (Phi) is 3.84. The maximum atomic E-state index is 6.09. The number of hydrogen-bond donors (Lipinski definition) is 2. The van der Waals surface area contributed by atoms with Crippen LogP contribution in [0.3, 0.4) is 0 Å². The summed E-state index contributed by atoms with van der Waals surface area (Å²) in [4.78, 5) is 4.36. The number of hydrogen-bond acceptors (Lipinski definition) is 4. The number of furan rings is 1. The van der Waals surface area contributed by atoms with Crippen LogP contribution in [0, 0.1) is 0 Å². The van der Waals surface area contributed by atoms with Crippen LogP contribution in [0.5, 0.6) is 0 Å². The second kappa shape index (κ2) is 5.77. The van der Waals surface area contributed by atoms with Crippen LogP contribution in [0.2, 0.25) is 0 Å². The Labute approximate surface area is 131 Å². The van der Waals surface area contributed by atoms with Crippen LogP contribution in [0.15, 0.2) is 51.7 Å². The monoisotopic (exact) mass is 345 g/mol. The molecular formula is C16H16BrN3O. The molecule has 21 heavy (non-hydrogen) atoms. The van der Waals surface area contributed by atoms with E-state index in [2.05, 4.69) is 33.2 Å². The number of rotatable bonds is 4. The number of nitrogens with one attached hydrogen (secondary N) is 1. The molecule has 0 fully saturated rings. The van der Waals surface area contributed by atoms with E-state index in [1.807, 2.05) is 30.3 Å². The standard InChI is InChI=1S/C16H16BrN3O/c1-10(7-12-3-2-6-21-12)20-16-13-8-11(17)4-5-15(13)19-9-14(16)18/h2-6,8-10H,7,18H2,1H3,(H,19,20). The van der Waals surface area contributed by atoms with Gasteiger partial charge in [0.2, 0.25) is 0 Å². The average molecular weight is 346 g/mol. The van der Waals surface area contributed by atoms with Gasteiger partial charge in [-0.3, -0.25) is 4.98 Å². The van der Waals surface area contributed by atoms with Gasteiger partial charge in [-0.25, -0.2) is 0 Å². The lowest BCUT2D eigenvalue weighted by Crippen LogP contribution is -2.19. The van der Waals surface area contributed by atoms with Crippen LogP contribution >= 0.6 is 15.9 Å². The average Bonchev–Trinajstić information content (AvgIpc) is 2.95. The topological polar surface area (TPSA) is 64.1 Å². The van der Waals surface area contributed by atoms with Crippen molar-refractivity contribution < 1.29 is 4.42 Å². The van der Waals surface area contributed by atoms with Gasteiger partial charge >= 0.3 is 0 Å². The molecule has 3 aromatic rings. The summed E-state index contributed by atoms with van der Waals surface area (Å²) in [5.41, 5.74) is 8.57. The van der Waals surface area contributed by atoms with E-state index in [0.717, 1.165) is 33.2 Å². The fraction of sp³-hybridized carbons (Fsp3) is 0.188. The van der Waals surface area contributed by atoms with Crippen molar-refractivity contribution in [2.45, 2.75) is 19.4 Å². The summed E-state index contributed by atoms with van der Waals surface area (Å²) in [6, 6.07) is 10.0. The van der Waals surface area contributed by atoms with Gasteiger partial charge in [0.1, 0.15) is 5.76 Å². The fourth-order valence-corrected chi connectivity index (χ4v) is 2.73. The number of halogens is 1. The zero-order valence-corrected chi connectivity index (χ0v) is 13.2. The van der Waals surface area contributed by atoms with Gasteiger partial charge in [0.05, 0.1) is 29.4 Å². The summed E-state index contributed by atoms with van der Waals surface area (Å²) in [5.74, 6) is 0.952. The number of nitrogen functional groups attached to an aromatic ring is 1. The van der Waals surface area contributed by atoms with Gasteiger partial charge in [0.25, 0.3) is 0 Å². The largest absolute Gasteiger partial charge is 0.469 e. The Hall–Kier alpha value is -2.01. The molecule has 3 rings (SSSR count). The molecule has 4 nitrogen and oxygen atoms in total. The Morgan fingerprint density at radius 1 is 1.38 bits per heavy atom. The first kappa shape index (κ1) is 13.9. The SMILES string of the molecule is CC(Cc1ccco1)Nc1c(N)cnc2ccc(Br)cc12. The number of benzene rings is 1. The first-order valence-electron chi connectivity index (χ1n) is 6.76. The van der Waals surface area contributed by atoms with E-state index < -0.39 is 0 Å². The van der Waals surface area contributed by atoms with Crippen molar-refractivity contribution in [2.75, 3.05) is 11.1 Å². The summed E-state index contributed by atoms with van der Waals surface area (Å²) in [6.07, 6.45) is 4.18. The van der Waals surface area contributed by atoms with Gasteiger partial charge in [0.15, 0.2) is 0 Å². The molecule has 0 bridgehead atoms. The first-order chi connectivity index (χ1) is 10.1. The number of anilines is 2. The molecule has 0 amide bonds. The molecule has 0 radical (unpaired) electrons. The van der Waals surface area contributed by atoms with Gasteiger partial charge in [-0.2, -0.15) is 0 Å². The zero-order valence-electron chi connectivity index (χ0n) is 11.6. The third kappa shape index (κ3) is 3.03. The summed E-state index contributed by atoms with van der Waals surface area (Å²) in [7, 11) is 0. The number of aromatic nitrogens is 1. The molecule has 0 saturated heterocycles. The van der Waals surface area contributed by atoms with Crippen molar-refractivity contribution in [3.8, 4) is 0 Å². The minimum Gasteiger partial charge on any atom is -0.469 e. The highest BCUT2D eigenvalue weighted by molar-refractivity contribution is 9.10. The van der Waals surface area contributed by atoms with Crippen LogP contribution in [-0.2, 0) is 6.42 Å². The Bertz CT molecular complexity index is 750. The van der Waals surface area contributed by atoms with Crippen molar-refractivity contribution in [3.63, 3.8) is 0 Å². The molecule has 0 aliphatic rings. The van der Waals surface area contributed by atoms with Crippen LogP contribution < -0.4 is 11.1 Å². The Morgan fingerprint density at radius 3 is 3.00 bits per heavy atom. The van der Waals surface area contributed by atoms with Gasteiger partial charge in [0, 0.05) is 22.3 Å². The molecule has 2 aromatic heterocycles. The number of nitrogens with two attached hydrogens (primary N) is 1. The van der Waals surface area contributed by atoms with Crippen LogP contribution in [0.1, 0.15) is 12.7 Å². The summed E-state index contributed by atoms with van der Waals surface area (Å²) in [5, 5.41) is 4.48. The van der Waals surface area contributed by atoms with Crippen LogP contribution in [-0.4, -0.2) is 11.0 Å². The Balaban J connectivity index is 1.92. The molecular weight excluding hydrogens is 330 g/mol. The van der Waals surface area contributed by atoms with E-state index in [9.17, 15) is 0 Å². The number of nitrogens with zero attached hydrogens (tertiary/aromatic N) is 1. The van der Waals surface area contributed by atoms with Crippen molar-refractivity contribution in [3.05, 3.63) is 53.0 Å². The Morgan fingerprint density at radius 2 is 2.24 bits per heavy atom. The number of pyridine rings is 1. The normalized spacial score (nSPS) is 12.5. The highest BCUT2D eigenvalue weighted by atomic mass is 79.9. The van der Waals surface area contributed by atoms with Gasteiger partial charge in [-0.05, 0) is 37.3 Å². The molecule has 1 unspecified atom stereocenters. The van der Waals surface area contributed by atoms with Crippen LogP contribution in [0.25, 0.3) is 10.9 Å². The lowest BCUT2D eigenvalue weighted by Gasteiger charge is -2.17. The molecule has 1 atom stereocenters. The maximum absolute atomic E-state index is 6.09.